The number of thiophene rings is 1. The lowest BCUT2D eigenvalue weighted by atomic mass is 9.78. The molecule has 0 bridgehead atoms. The van der Waals surface area contributed by atoms with Gasteiger partial charge in [-0.05, 0) is 39.1 Å². The molecule has 1 aliphatic heterocycles. The molecule has 1 aromatic rings. The highest BCUT2D eigenvalue weighted by molar-refractivity contribution is 7.11. The maximum atomic E-state index is 12.0. The molecule has 0 aromatic carbocycles. The summed E-state index contributed by atoms with van der Waals surface area (Å²) in [6, 6.07) is 3.51. The van der Waals surface area contributed by atoms with Crippen LogP contribution in [0, 0.1) is 0 Å². The van der Waals surface area contributed by atoms with Crippen molar-refractivity contribution >= 4 is 28.9 Å². The average Bonchev–Trinajstić information content (AvgIpc) is 2.85. The first kappa shape index (κ1) is 16.7. The van der Waals surface area contributed by atoms with Gasteiger partial charge in [-0.1, -0.05) is 11.2 Å². The predicted molar refractivity (Wildman–Crippen MR) is 87.1 cm³/mol. The Labute approximate surface area is 134 Å². The first-order valence-electron chi connectivity index (χ1n) is 7.25. The number of oxime groups is 1. The van der Waals surface area contributed by atoms with Gasteiger partial charge >= 0.3 is 5.97 Å². The van der Waals surface area contributed by atoms with Crippen LogP contribution < -0.4 is 0 Å². The van der Waals surface area contributed by atoms with Crippen LogP contribution in [0.15, 0.2) is 22.7 Å². The Hall–Kier alpha value is -1.69. The van der Waals surface area contributed by atoms with E-state index in [0.717, 1.165) is 5.71 Å². The lowest BCUT2D eigenvalue weighted by Gasteiger charge is -2.52. The van der Waals surface area contributed by atoms with E-state index in [0.29, 0.717) is 17.7 Å². The summed E-state index contributed by atoms with van der Waals surface area (Å²) in [5.74, 6) is -0.392. The van der Waals surface area contributed by atoms with Crippen LogP contribution in [-0.2, 0) is 9.63 Å². The average molecular weight is 322 g/mol. The number of amides is 1. The van der Waals surface area contributed by atoms with Crippen molar-refractivity contribution in [3.8, 4) is 0 Å². The minimum Gasteiger partial charge on any atom is -0.332 e. The third kappa shape index (κ3) is 3.38. The molecule has 5 nitrogen and oxygen atoms in total. The molecule has 1 aliphatic rings. The van der Waals surface area contributed by atoms with E-state index in [9.17, 15) is 9.59 Å². The summed E-state index contributed by atoms with van der Waals surface area (Å²) in [5.41, 5.74) is 0.0844. The Morgan fingerprint density at radius 3 is 2.27 bits per heavy atom. The maximum absolute atomic E-state index is 12.0. The summed E-state index contributed by atoms with van der Waals surface area (Å²) in [6.07, 6.45) is 1.18. The number of piperidine rings is 1. The smallest absolute Gasteiger partial charge is 0.332 e. The van der Waals surface area contributed by atoms with Crippen LogP contribution in [-0.4, -0.2) is 33.6 Å². The number of nitrogens with zero attached hydrogens (tertiary/aromatic N) is 2. The van der Waals surface area contributed by atoms with Crippen LogP contribution in [0.25, 0.3) is 0 Å². The van der Waals surface area contributed by atoms with Crippen molar-refractivity contribution in [2.24, 2.45) is 5.16 Å². The standard InChI is InChI=1S/C16H22N2O3S/c1-11(19)18-15(2,3)9-12(10-16(18,4)5)17-21-14(20)13-7-6-8-22-13/h6-8H,9-10H2,1-5H3. The molecule has 120 valence electrons. The monoisotopic (exact) mass is 322 g/mol. The van der Waals surface area contributed by atoms with Crippen LogP contribution in [0.4, 0.5) is 0 Å². The van der Waals surface area contributed by atoms with Crippen molar-refractivity contribution in [2.75, 3.05) is 0 Å². The Morgan fingerprint density at radius 2 is 1.82 bits per heavy atom. The van der Waals surface area contributed by atoms with Crippen molar-refractivity contribution in [1.29, 1.82) is 0 Å². The molecular formula is C16H22N2O3S. The summed E-state index contributed by atoms with van der Waals surface area (Å²) in [5, 5.41) is 5.88. The van der Waals surface area contributed by atoms with E-state index >= 15 is 0 Å². The normalized spacial score (nSPS) is 19.7. The van der Waals surface area contributed by atoms with Crippen molar-refractivity contribution in [3.63, 3.8) is 0 Å². The van der Waals surface area contributed by atoms with E-state index in [1.807, 2.05) is 38.0 Å². The molecule has 0 saturated carbocycles. The predicted octanol–water partition coefficient (Wildman–Crippen LogP) is 3.46. The molecule has 1 saturated heterocycles. The third-order valence-electron chi connectivity index (χ3n) is 3.78. The zero-order valence-electron chi connectivity index (χ0n) is 13.7. The summed E-state index contributed by atoms with van der Waals surface area (Å²) in [7, 11) is 0. The number of rotatable bonds is 2. The van der Waals surface area contributed by atoms with Crippen LogP contribution in [0.3, 0.4) is 0 Å². The van der Waals surface area contributed by atoms with E-state index in [1.54, 1.807) is 19.1 Å². The molecule has 0 atom stereocenters. The third-order valence-corrected chi connectivity index (χ3v) is 4.63. The van der Waals surface area contributed by atoms with E-state index in [-0.39, 0.29) is 17.0 Å². The second kappa shape index (κ2) is 5.83. The van der Waals surface area contributed by atoms with Crippen molar-refractivity contribution < 1.29 is 14.4 Å². The number of carbonyl (C=O) groups is 2. The Kier molecular flexibility index (Phi) is 4.42. The SMILES string of the molecule is CC(=O)N1C(C)(C)CC(=NOC(=O)c2cccs2)CC1(C)C. The summed E-state index contributed by atoms with van der Waals surface area (Å²) < 4.78 is 0. The van der Waals surface area contributed by atoms with Gasteiger partial charge in [0, 0.05) is 30.8 Å². The second-order valence-corrected chi connectivity index (χ2v) is 7.79. The Bertz CT molecular complexity index is 583. The van der Waals surface area contributed by atoms with Crippen molar-refractivity contribution in [1.82, 2.24) is 4.90 Å². The van der Waals surface area contributed by atoms with E-state index in [1.165, 1.54) is 11.3 Å². The highest BCUT2D eigenvalue weighted by atomic mass is 32.1. The molecule has 1 fully saturated rings. The molecule has 1 amide bonds. The molecule has 1 aromatic heterocycles. The zero-order valence-corrected chi connectivity index (χ0v) is 14.5. The molecule has 0 N–H and O–H groups in total. The van der Waals surface area contributed by atoms with E-state index < -0.39 is 5.97 Å². The fourth-order valence-electron chi connectivity index (χ4n) is 3.50. The maximum Gasteiger partial charge on any atom is 0.375 e. The highest BCUT2D eigenvalue weighted by Crippen LogP contribution is 2.37. The molecule has 0 aliphatic carbocycles. The Morgan fingerprint density at radius 1 is 1.23 bits per heavy atom. The molecule has 22 heavy (non-hydrogen) atoms. The van der Waals surface area contributed by atoms with E-state index in [2.05, 4.69) is 5.16 Å². The first-order chi connectivity index (χ1) is 10.1. The minimum atomic E-state index is -0.438. The van der Waals surface area contributed by atoms with Gasteiger partial charge in [-0.3, -0.25) is 4.79 Å². The number of hydrogen-bond donors (Lipinski definition) is 0. The molecule has 2 rings (SSSR count). The van der Waals surface area contributed by atoms with Gasteiger partial charge in [0.25, 0.3) is 0 Å². The fourth-order valence-corrected chi connectivity index (χ4v) is 4.10. The summed E-state index contributed by atoms with van der Waals surface area (Å²) in [6.45, 7) is 9.61. The van der Waals surface area contributed by atoms with Gasteiger partial charge in [0.2, 0.25) is 5.91 Å². The molecule has 0 spiro atoms. The fraction of sp³-hybridized carbons (Fsp3) is 0.562. The lowest BCUT2D eigenvalue weighted by Crippen LogP contribution is -2.62. The van der Waals surface area contributed by atoms with E-state index in [4.69, 9.17) is 4.84 Å². The molecule has 0 radical (unpaired) electrons. The van der Waals surface area contributed by atoms with Crippen LogP contribution in [0.1, 0.15) is 57.1 Å². The summed E-state index contributed by atoms with van der Waals surface area (Å²) in [4.78, 5) is 31.3. The molecule has 6 heteroatoms. The van der Waals surface area contributed by atoms with Gasteiger partial charge in [0.05, 0.1) is 5.71 Å². The minimum absolute atomic E-state index is 0.0460. The van der Waals surface area contributed by atoms with Crippen molar-refractivity contribution in [3.05, 3.63) is 22.4 Å². The van der Waals surface area contributed by atoms with Gasteiger partial charge in [-0.2, -0.15) is 0 Å². The molecule has 0 unspecified atom stereocenters. The van der Waals surface area contributed by atoms with Gasteiger partial charge in [0.15, 0.2) is 0 Å². The van der Waals surface area contributed by atoms with Gasteiger partial charge < -0.3 is 9.74 Å². The molecule has 2 heterocycles. The lowest BCUT2D eigenvalue weighted by molar-refractivity contribution is -0.142. The quantitative estimate of drug-likeness (QED) is 0.619. The van der Waals surface area contributed by atoms with Crippen molar-refractivity contribution in [2.45, 2.75) is 58.5 Å². The largest absolute Gasteiger partial charge is 0.375 e. The van der Waals surface area contributed by atoms with Gasteiger partial charge in [-0.25, -0.2) is 4.79 Å². The number of likely N-dealkylation sites (tertiary alicyclic amines) is 1. The van der Waals surface area contributed by atoms with Gasteiger partial charge in [0.1, 0.15) is 4.88 Å². The number of hydrogen-bond acceptors (Lipinski definition) is 5. The highest BCUT2D eigenvalue weighted by Gasteiger charge is 2.45. The summed E-state index contributed by atoms with van der Waals surface area (Å²) >= 11 is 1.32. The van der Waals surface area contributed by atoms with Crippen LogP contribution >= 0.6 is 11.3 Å². The number of carbonyl (C=O) groups excluding carboxylic acids is 2. The zero-order chi connectivity index (χ0) is 16.5. The van der Waals surface area contributed by atoms with Gasteiger partial charge in [-0.15, -0.1) is 11.3 Å². The molecular weight excluding hydrogens is 300 g/mol. The topological polar surface area (TPSA) is 59.0 Å². The van der Waals surface area contributed by atoms with Crippen LogP contribution in [0.5, 0.6) is 0 Å². The van der Waals surface area contributed by atoms with Crippen LogP contribution in [0.2, 0.25) is 0 Å². The second-order valence-electron chi connectivity index (χ2n) is 6.85. The first-order valence-corrected chi connectivity index (χ1v) is 8.13. The Balaban J connectivity index is 2.16.